The van der Waals surface area contributed by atoms with Crippen molar-refractivity contribution in [2.45, 2.75) is 32.7 Å². The Bertz CT molecular complexity index is 915. The number of carbonyl (C=O) groups is 1. The lowest BCUT2D eigenvalue weighted by Crippen LogP contribution is -2.41. The zero-order valence-electron chi connectivity index (χ0n) is 14.9. The summed E-state index contributed by atoms with van der Waals surface area (Å²) < 4.78 is 7.52. The van der Waals surface area contributed by atoms with Gasteiger partial charge in [0.25, 0.3) is 5.91 Å². The molecule has 26 heavy (non-hydrogen) atoms. The van der Waals surface area contributed by atoms with Crippen LogP contribution in [0.4, 0.5) is 0 Å². The first kappa shape index (κ1) is 16.5. The van der Waals surface area contributed by atoms with Crippen molar-refractivity contribution >= 4 is 5.91 Å². The normalized spacial score (nSPS) is 17.5. The smallest absolute Gasteiger partial charge is 0.291 e. The maximum atomic E-state index is 12.8. The third kappa shape index (κ3) is 2.89. The van der Waals surface area contributed by atoms with E-state index in [1.54, 1.807) is 13.1 Å². The van der Waals surface area contributed by atoms with Crippen LogP contribution in [0.5, 0.6) is 0 Å². The minimum Gasteiger partial charge on any atom is -0.438 e. The number of pyridine rings is 1. The van der Waals surface area contributed by atoms with E-state index >= 15 is 0 Å². The number of piperidine rings is 1. The molecule has 1 fully saturated rings. The second-order valence-electron chi connectivity index (χ2n) is 6.65. The Kier molecular flexibility index (Phi) is 4.28. The highest BCUT2D eigenvalue weighted by Crippen LogP contribution is 2.29. The second kappa shape index (κ2) is 6.74. The Balaban J connectivity index is 1.62. The van der Waals surface area contributed by atoms with Crippen molar-refractivity contribution in [3.63, 3.8) is 0 Å². The Hall–Kier alpha value is -2.96. The van der Waals surface area contributed by atoms with E-state index in [2.05, 4.69) is 19.5 Å². The van der Waals surface area contributed by atoms with Gasteiger partial charge in [-0.2, -0.15) is 0 Å². The van der Waals surface area contributed by atoms with E-state index in [1.165, 1.54) is 6.39 Å². The van der Waals surface area contributed by atoms with Crippen molar-refractivity contribution in [3.05, 3.63) is 54.3 Å². The van der Waals surface area contributed by atoms with Gasteiger partial charge >= 0.3 is 0 Å². The van der Waals surface area contributed by atoms with Crippen molar-refractivity contribution in [1.82, 2.24) is 24.4 Å². The van der Waals surface area contributed by atoms with E-state index in [-0.39, 0.29) is 11.9 Å². The van der Waals surface area contributed by atoms with Crippen LogP contribution >= 0.6 is 0 Å². The molecule has 1 aliphatic rings. The number of hydrogen-bond acceptors (Lipinski definition) is 5. The van der Waals surface area contributed by atoms with E-state index in [4.69, 9.17) is 4.42 Å². The quantitative estimate of drug-likeness (QED) is 0.725. The molecule has 7 heteroatoms. The average molecular weight is 351 g/mol. The van der Waals surface area contributed by atoms with Crippen molar-refractivity contribution < 1.29 is 9.21 Å². The third-order valence-electron chi connectivity index (χ3n) is 4.89. The molecule has 134 valence electrons. The number of likely N-dealkylation sites (tertiary alicyclic amines) is 1. The van der Waals surface area contributed by atoms with Crippen LogP contribution in [0.2, 0.25) is 0 Å². The average Bonchev–Trinajstić information content (AvgIpc) is 3.27. The van der Waals surface area contributed by atoms with Gasteiger partial charge in [0, 0.05) is 42.9 Å². The highest BCUT2D eigenvalue weighted by atomic mass is 16.3. The summed E-state index contributed by atoms with van der Waals surface area (Å²) in [7, 11) is 0. The minimum absolute atomic E-state index is 0.0922. The van der Waals surface area contributed by atoms with Crippen LogP contribution in [0.1, 0.15) is 40.8 Å². The van der Waals surface area contributed by atoms with Gasteiger partial charge in [0.2, 0.25) is 5.76 Å². The van der Waals surface area contributed by atoms with Gasteiger partial charge in [-0.25, -0.2) is 9.97 Å². The molecule has 0 saturated carbocycles. The summed E-state index contributed by atoms with van der Waals surface area (Å²) in [6.45, 7) is 5.20. The first-order valence-electron chi connectivity index (χ1n) is 8.78. The monoisotopic (exact) mass is 351 g/mol. The first-order chi connectivity index (χ1) is 12.6. The van der Waals surface area contributed by atoms with Crippen molar-refractivity contribution in [3.8, 4) is 11.4 Å². The van der Waals surface area contributed by atoms with E-state index in [0.29, 0.717) is 18.0 Å². The number of carbonyl (C=O) groups excluding carboxylic acids is 1. The van der Waals surface area contributed by atoms with Crippen LogP contribution in [0.3, 0.4) is 0 Å². The Labute approximate surface area is 151 Å². The van der Waals surface area contributed by atoms with Gasteiger partial charge in [-0.3, -0.25) is 9.78 Å². The van der Waals surface area contributed by atoms with Crippen LogP contribution < -0.4 is 0 Å². The summed E-state index contributed by atoms with van der Waals surface area (Å²) in [5.74, 6) is 1.14. The van der Waals surface area contributed by atoms with Gasteiger partial charge in [-0.1, -0.05) is 0 Å². The fourth-order valence-electron chi connectivity index (χ4n) is 3.62. The summed E-state index contributed by atoms with van der Waals surface area (Å²) in [6.07, 6.45) is 8.72. The van der Waals surface area contributed by atoms with Crippen molar-refractivity contribution in [2.24, 2.45) is 0 Å². The van der Waals surface area contributed by atoms with Gasteiger partial charge < -0.3 is 13.9 Å². The number of aromatic nitrogens is 4. The molecule has 4 rings (SSSR count). The van der Waals surface area contributed by atoms with Gasteiger partial charge in [-0.05, 0) is 38.8 Å². The lowest BCUT2D eigenvalue weighted by atomic mass is 10.0. The third-order valence-corrected chi connectivity index (χ3v) is 4.89. The second-order valence-corrected chi connectivity index (χ2v) is 6.65. The van der Waals surface area contributed by atoms with E-state index in [0.717, 1.165) is 36.5 Å². The maximum absolute atomic E-state index is 12.8. The number of aryl methyl sites for hydroxylation is 2. The van der Waals surface area contributed by atoms with E-state index < -0.39 is 0 Å². The summed E-state index contributed by atoms with van der Waals surface area (Å²) >= 11 is 0. The SMILES string of the molecule is Cc1ncoc1C(=O)N1CCCC(n2c(C)cnc2-c2cccnc2)C1. The molecule has 0 aliphatic carbocycles. The lowest BCUT2D eigenvalue weighted by Gasteiger charge is -2.34. The highest BCUT2D eigenvalue weighted by Gasteiger charge is 2.30. The molecule has 1 aliphatic heterocycles. The fourth-order valence-corrected chi connectivity index (χ4v) is 3.62. The minimum atomic E-state index is -0.0922. The summed E-state index contributed by atoms with van der Waals surface area (Å²) in [6, 6.07) is 4.09. The number of amides is 1. The molecule has 3 aromatic heterocycles. The molecule has 7 nitrogen and oxygen atoms in total. The molecule has 0 spiro atoms. The van der Waals surface area contributed by atoms with E-state index in [1.807, 2.05) is 36.4 Å². The Morgan fingerprint density at radius 1 is 1.27 bits per heavy atom. The number of imidazole rings is 1. The van der Waals surface area contributed by atoms with Crippen molar-refractivity contribution in [1.29, 1.82) is 0 Å². The van der Waals surface area contributed by atoms with Crippen LogP contribution in [0.15, 0.2) is 41.5 Å². The van der Waals surface area contributed by atoms with Crippen LogP contribution in [0.25, 0.3) is 11.4 Å². The van der Waals surface area contributed by atoms with Gasteiger partial charge in [0.05, 0.1) is 11.7 Å². The Morgan fingerprint density at radius 2 is 2.15 bits per heavy atom. The van der Waals surface area contributed by atoms with Gasteiger partial charge in [-0.15, -0.1) is 0 Å². The maximum Gasteiger partial charge on any atom is 0.291 e. The molecule has 0 N–H and O–H groups in total. The summed E-state index contributed by atoms with van der Waals surface area (Å²) in [5, 5.41) is 0. The van der Waals surface area contributed by atoms with Gasteiger partial charge in [0.1, 0.15) is 5.82 Å². The number of rotatable bonds is 3. The largest absolute Gasteiger partial charge is 0.438 e. The fraction of sp³-hybridized carbons (Fsp3) is 0.368. The molecule has 1 saturated heterocycles. The van der Waals surface area contributed by atoms with Crippen molar-refractivity contribution in [2.75, 3.05) is 13.1 Å². The zero-order valence-corrected chi connectivity index (χ0v) is 14.9. The van der Waals surface area contributed by atoms with Crippen LogP contribution in [-0.2, 0) is 0 Å². The van der Waals surface area contributed by atoms with Gasteiger partial charge in [0.15, 0.2) is 6.39 Å². The highest BCUT2D eigenvalue weighted by molar-refractivity contribution is 5.92. The molecule has 0 radical (unpaired) electrons. The molecule has 0 bridgehead atoms. The number of oxazole rings is 1. The molecule has 4 heterocycles. The number of hydrogen-bond donors (Lipinski definition) is 0. The number of nitrogens with zero attached hydrogens (tertiary/aromatic N) is 5. The molecule has 1 atom stereocenters. The molecule has 1 unspecified atom stereocenters. The molecule has 1 amide bonds. The van der Waals surface area contributed by atoms with Crippen LogP contribution in [0, 0.1) is 13.8 Å². The lowest BCUT2D eigenvalue weighted by molar-refractivity contribution is 0.0646. The topological polar surface area (TPSA) is 77.0 Å². The predicted octanol–water partition coefficient (Wildman–Crippen LogP) is 3.03. The summed E-state index contributed by atoms with van der Waals surface area (Å²) in [5.41, 5.74) is 2.70. The standard InChI is InChI=1S/C19H21N5O2/c1-13-9-21-18(15-5-3-7-20-10-15)24(13)16-6-4-8-23(11-16)19(25)17-14(2)22-12-26-17/h3,5,7,9-10,12,16H,4,6,8,11H2,1-2H3. The zero-order chi connectivity index (χ0) is 18.1. The molecule has 3 aromatic rings. The first-order valence-corrected chi connectivity index (χ1v) is 8.78. The molecular formula is C19H21N5O2. The van der Waals surface area contributed by atoms with Crippen LogP contribution in [-0.4, -0.2) is 43.4 Å². The Morgan fingerprint density at radius 3 is 2.88 bits per heavy atom. The summed E-state index contributed by atoms with van der Waals surface area (Å²) in [4.78, 5) is 27.5. The predicted molar refractivity (Wildman–Crippen MR) is 95.6 cm³/mol. The van der Waals surface area contributed by atoms with E-state index in [9.17, 15) is 4.79 Å². The molecular weight excluding hydrogens is 330 g/mol. The molecule has 0 aromatic carbocycles.